The molecule has 0 radical (unpaired) electrons. The molecule has 3 heteroatoms. The van der Waals surface area contributed by atoms with Crippen LogP contribution in [0.3, 0.4) is 0 Å². The quantitative estimate of drug-likeness (QED) is 0.627. The number of benzene rings is 2. The molecule has 26 heavy (non-hydrogen) atoms. The van der Waals surface area contributed by atoms with Crippen LogP contribution in [-0.4, -0.2) is 27.9 Å². The number of aromatic nitrogens is 1. The Morgan fingerprint density at radius 2 is 1.54 bits per heavy atom. The summed E-state index contributed by atoms with van der Waals surface area (Å²) in [5.74, 6) is 0.0574. The molecule has 0 unspecified atom stereocenters. The van der Waals surface area contributed by atoms with Crippen molar-refractivity contribution in [1.29, 1.82) is 0 Å². The highest BCUT2D eigenvalue weighted by atomic mass is 16.2. The van der Waals surface area contributed by atoms with Crippen molar-refractivity contribution in [1.82, 2.24) is 9.88 Å². The van der Waals surface area contributed by atoms with Crippen molar-refractivity contribution in [2.24, 2.45) is 0 Å². The van der Waals surface area contributed by atoms with E-state index in [2.05, 4.69) is 58.9 Å². The summed E-state index contributed by atoms with van der Waals surface area (Å²) >= 11 is 0. The molecule has 0 aliphatic carbocycles. The smallest absolute Gasteiger partial charge is 0.255 e. The Labute approximate surface area is 155 Å². The molecule has 0 saturated carbocycles. The van der Waals surface area contributed by atoms with E-state index in [0.29, 0.717) is 5.56 Å². The number of pyridine rings is 1. The van der Waals surface area contributed by atoms with Crippen molar-refractivity contribution in [2.75, 3.05) is 0 Å². The van der Waals surface area contributed by atoms with Crippen LogP contribution in [0.1, 0.15) is 43.6 Å². The first-order valence-electron chi connectivity index (χ1n) is 9.18. The molecule has 0 aliphatic heterocycles. The van der Waals surface area contributed by atoms with Gasteiger partial charge in [-0.2, -0.15) is 0 Å². The van der Waals surface area contributed by atoms with Crippen molar-refractivity contribution >= 4 is 16.8 Å². The number of carbonyl (C=O) groups excluding carboxylic acids is 1. The maximum absolute atomic E-state index is 13.4. The van der Waals surface area contributed by atoms with E-state index < -0.39 is 0 Å². The number of nitrogens with zero attached hydrogens (tertiary/aromatic N) is 2. The van der Waals surface area contributed by atoms with Gasteiger partial charge in [-0.05, 0) is 46.8 Å². The van der Waals surface area contributed by atoms with Crippen LogP contribution in [0.15, 0.2) is 54.6 Å². The van der Waals surface area contributed by atoms with Crippen LogP contribution in [-0.2, 0) is 0 Å². The van der Waals surface area contributed by atoms with Gasteiger partial charge >= 0.3 is 0 Å². The number of carbonyl (C=O) groups is 1. The molecule has 134 valence electrons. The van der Waals surface area contributed by atoms with Gasteiger partial charge < -0.3 is 4.90 Å². The predicted octanol–water partition coefficient (Wildman–Crippen LogP) is 5.47. The van der Waals surface area contributed by atoms with E-state index in [1.807, 2.05) is 35.2 Å². The van der Waals surface area contributed by atoms with Crippen molar-refractivity contribution in [3.63, 3.8) is 0 Å². The average molecular weight is 346 g/mol. The van der Waals surface area contributed by atoms with Crippen molar-refractivity contribution in [3.8, 4) is 11.3 Å². The fraction of sp³-hybridized carbons (Fsp3) is 0.304. The molecule has 3 aromatic rings. The van der Waals surface area contributed by atoms with Gasteiger partial charge in [-0.3, -0.25) is 4.79 Å². The van der Waals surface area contributed by atoms with Crippen LogP contribution in [0.5, 0.6) is 0 Å². The number of hydrogen-bond donors (Lipinski definition) is 0. The molecule has 1 heterocycles. The molecule has 0 fully saturated rings. The summed E-state index contributed by atoms with van der Waals surface area (Å²) in [6, 6.07) is 18.3. The molecular weight excluding hydrogens is 320 g/mol. The molecule has 3 nitrogen and oxygen atoms in total. The summed E-state index contributed by atoms with van der Waals surface area (Å²) in [5.41, 5.74) is 4.63. The molecule has 0 N–H and O–H groups in total. The Kier molecular flexibility index (Phi) is 5.08. The molecular formula is C23H26N2O. The SMILES string of the molecule is Cc1ccc(-c2cc(C(=O)N(C(C)C)C(C)C)c3ccccc3n2)cc1. The number of rotatable bonds is 4. The molecule has 0 spiro atoms. The number of aryl methyl sites for hydroxylation is 1. The van der Waals surface area contributed by atoms with Gasteiger partial charge in [0.25, 0.3) is 5.91 Å². The minimum absolute atomic E-state index is 0.0574. The number of amides is 1. The normalized spacial score (nSPS) is 11.3. The number of hydrogen-bond acceptors (Lipinski definition) is 2. The second-order valence-electron chi connectivity index (χ2n) is 7.34. The fourth-order valence-electron chi connectivity index (χ4n) is 3.43. The third-order valence-electron chi connectivity index (χ3n) is 4.64. The van der Waals surface area contributed by atoms with Crippen molar-refractivity contribution in [3.05, 3.63) is 65.7 Å². The van der Waals surface area contributed by atoms with Gasteiger partial charge in [0, 0.05) is 23.0 Å². The second kappa shape index (κ2) is 7.28. The van der Waals surface area contributed by atoms with E-state index in [0.717, 1.165) is 22.2 Å². The Morgan fingerprint density at radius 3 is 2.15 bits per heavy atom. The first kappa shape index (κ1) is 18.1. The van der Waals surface area contributed by atoms with Gasteiger partial charge in [0.2, 0.25) is 0 Å². The van der Waals surface area contributed by atoms with E-state index in [1.54, 1.807) is 0 Å². The molecule has 3 rings (SSSR count). The standard InChI is InChI=1S/C23H26N2O/c1-15(2)25(16(3)4)23(26)20-14-22(18-12-10-17(5)11-13-18)24-21-9-7-6-8-19(20)21/h6-16H,1-5H3. The summed E-state index contributed by atoms with van der Waals surface area (Å²) in [4.78, 5) is 20.1. The van der Waals surface area contributed by atoms with Crippen LogP contribution in [0.2, 0.25) is 0 Å². The summed E-state index contributed by atoms with van der Waals surface area (Å²) in [5, 5.41) is 0.902. The highest BCUT2D eigenvalue weighted by Gasteiger charge is 2.24. The van der Waals surface area contributed by atoms with Crippen LogP contribution >= 0.6 is 0 Å². The van der Waals surface area contributed by atoms with Crippen LogP contribution in [0.4, 0.5) is 0 Å². The lowest BCUT2D eigenvalue weighted by Gasteiger charge is -2.31. The zero-order valence-electron chi connectivity index (χ0n) is 16.2. The van der Waals surface area contributed by atoms with Gasteiger partial charge in [-0.1, -0.05) is 48.0 Å². The first-order chi connectivity index (χ1) is 12.4. The molecule has 0 aliphatic rings. The largest absolute Gasteiger partial charge is 0.334 e. The van der Waals surface area contributed by atoms with Gasteiger partial charge in [0.15, 0.2) is 0 Å². The van der Waals surface area contributed by atoms with Gasteiger partial charge in [-0.25, -0.2) is 4.98 Å². The summed E-state index contributed by atoms with van der Waals surface area (Å²) in [6.07, 6.45) is 0. The van der Waals surface area contributed by atoms with E-state index >= 15 is 0 Å². The van der Waals surface area contributed by atoms with Crippen LogP contribution in [0.25, 0.3) is 22.2 Å². The minimum atomic E-state index is 0.0574. The molecule has 0 saturated heterocycles. The molecule has 0 atom stereocenters. The molecule has 1 amide bonds. The highest BCUT2D eigenvalue weighted by Crippen LogP contribution is 2.27. The Morgan fingerprint density at radius 1 is 0.923 bits per heavy atom. The maximum Gasteiger partial charge on any atom is 0.255 e. The lowest BCUT2D eigenvalue weighted by atomic mass is 10.0. The zero-order chi connectivity index (χ0) is 18.8. The van der Waals surface area contributed by atoms with Crippen molar-refractivity contribution < 1.29 is 4.79 Å². The summed E-state index contributed by atoms with van der Waals surface area (Å²) in [7, 11) is 0. The maximum atomic E-state index is 13.4. The minimum Gasteiger partial charge on any atom is -0.334 e. The Hall–Kier alpha value is -2.68. The third-order valence-corrected chi connectivity index (χ3v) is 4.64. The lowest BCUT2D eigenvalue weighted by molar-refractivity contribution is 0.0646. The monoisotopic (exact) mass is 346 g/mol. The van der Waals surface area contributed by atoms with Gasteiger partial charge in [-0.15, -0.1) is 0 Å². The van der Waals surface area contributed by atoms with E-state index in [-0.39, 0.29) is 18.0 Å². The predicted molar refractivity (Wildman–Crippen MR) is 108 cm³/mol. The van der Waals surface area contributed by atoms with Crippen molar-refractivity contribution in [2.45, 2.75) is 46.7 Å². The summed E-state index contributed by atoms with van der Waals surface area (Å²) in [6.45, 7) is 10.3. The van der Waals surface area contributed by atoms with Crippen LogP contribution in [0, 0.1) is 6.92 Å². The third kappa shape index (κ3) is 3.48. The Balaban J connectivity index is 2.20. The van der Waals surface area contributed by atoms with Gasteiger partial charge in [0.1, 0.15) is 0 Å². The molecule has 1 aromatic heterocycles. The fourth-order valence-corrected chi connectivity index (χ4v) is 3.43. The van der Waals surface area contributed by atoms with Gasteiger partial charge in [0.05, 0.1) is 16.8 Å². The highest BCUT2D eigenvalue weighted by molar-refractivity contribution is 6.07. The lowest BCUT2D eigenvalue weighted by Crippen LogP contribution is -2.42. The topological polar surface area (TPSA) is 33.2 Å². The second-order valence-corrected chi connectivity index (χ2v) is 7.34. The first-order valence-corrected chi connectivity index (χ1v) is 9.18. The summed E-state index contributed by atoms with van der Waals surface area (Å²) < 4.78 is 0. The Bertz CT molecular complexity index is 919. The van der Waals surface area contributed by atoms with E-state index in [1.165, 1.54) is 5.56 Å². The molecule has 0 bridgehead atoms. The van der Waals surface area contributed by atoms with E-state index in [9.17, 15) is 4.79 Å². The van der Waals surface area contributed by atoms with Crippen LogP contribution < -0.4 is 0 Å². The number of para-hydroxylation sites is 1. The van der Waals surface area contributed by atoms with E-state index in [4.69, 9.17) is 4.98 Å². The number of fused-ring (bicyclic) bond motifs is 1. The zero-order valence-corrected chi connectivity index (χ0v) is 16.2. The molecule has 2 aromatic carbocycles. The average Bonchev–Trinajstić information content (AvgIpc) is 2.60.